The number of barbiturate groups is 1. The van der Waals surface area contributed by atoms with Crippen LogP contribution in [0.4, 0.5) is 16.2 Å². The first-order chi connectivity index (χ1) is 18.0. The molecular weight excluding hydrogens is 665 g/mol. The Bertz CT molecular complexity index is 1510. The van der Waals surface area contributed by atoms with E-state index in [0.29, 0.717) is 35.8 Å². The van der Waals surface area contributed by atoms with Crippen LogP contribution in [0.2, 0.25) is 10.0 Å². The van der Waals surface area contributed by atoms with Gasteiger partial charge in [-0.25, -0.2) is 9.69 Å². The summed E-state index contributed by atoms with van der Waals surface area (Å²) < 4.78 is 6.84. The largest absolute Gasteiger partial charge is 0.482 e. The van der Waals surface area contributed by atoms with Crippen LogP contribution in [0.5, 0.6) is 5.75 Å². The normalized spacial score (nSPS) is 14.5. The van der Waals surface area contributed by atoms with Crippen molar-refractivity contribution in [1.29, 1.82) is 0 Å². The molecule has 38 heavy (non-hydrogen) atoms. The maximum absolute atomic E-state index is 13.4. The van der Waals surface area contributed by atoms with E-state index in [2.05, 4.69) is 42.5 Å². The fourth-order valence-corrected chi connectivity index (χ4v) is 5.25. The summed E-state index contributed by atoms with van der Waals surface area (Å²) in [5, 5.41) is 5.76. The molecule has 3 aromatic carbocycles. The molecule has 0 aromatic heterocycles. The van der Waals surface area contributed by atoms with Crippen molar-refractivity contribution in [3.63, 3.8) is 0 Å². The van der Waals surface area contributed by atoms with Crippen molar-refractivity contribution in [2.75, 3.05) is 16.8 Å². The van der Waals surface area contributed by atoms with Gasteiger partial charge in [-0.2, -0.15) is 0 Å². The van der Waals surface area contributed by atoms with Gasteiger partial charge in [0.05, 0.1) is 10.2 Å². The summed E-state index contributed by atoms with van der Waals surface area (Å²) in [5.74, 6) is -1.96. The van der Waals surface area contributed by atoms with Gasteiger partial charge < -0.3 is 10.1 Å². The van der Waals surface area contributed by atoms with E-state index in [-0.39, 0.29) is 23.6 Å². The average Bonchev–Trinajstić information content (AvgIpc) is 2.85. The molecule has 0 radical (unpaired) electrons. The highest BCUT2D eigenvalue weighted by atomic mass is 79.9. The number of nitrogens with one attached hydrogen (secondary N) is 2. The van der Waals surface area contributed by atoms with Gasteiger partial charge in [0.15, 0.2) is 6.61 Å². The van der Waals surface area contributed by atoms with E-state index >= 15 is 0 Å². The van der Waals surface area contributed by atoms with Crippen LogP contribution in [-0.2, 0) is 14.4 Å². The number of hydrogen-bond donors (Lipinski definition) is 2. The number of urea groups is 1. The van der Waals surface area contributed by atoms with Gasteiger partial charge in [0.25, 0.3) is 17.7 Å². The van der Waals surface area contributed by atoms with Gasteiger partial charge in [0, 0.05) is 25.8 Å². The van der Waals surface area contributed by atoms with E-state index in [4.69, 9.17) is 27.9 Å². The number of ether oxygens (including phenoxy) is 1. The predicted molar refractivity (Wildman–Crippen MR) is 153 cm³/mol. The molecule has 0 spiro atoms. The lowest BCUT2D eigenvalue weighted by atomic mass is 10.0. The number of benzene rings is 3. The Labute approximate surface area is 244 Å². The Morgan fingerprint density at radius 1 is 1.08 bits per heavy atom. The number of anilines is 2. The van der Waals surface area contributed by atoms with Crippen LogP contribution in [0.1, 0.15) is 11.1 Å². The molecule has 0 aliphatic carbocycles. The van der Waals surface area contributed by atoms with Crippen molar-refractivity contribution >= 4 is 96.3 Å². The Hall–Kier alpha value is -3.18. The summed E-state index contributed by atoms with van der Waals surface area (Å²) in [5.41, 5.74) is 1.26. The lowest BCUT2D eigenvalue weighted by Gasteiger charge is -2.28. The number of carbonyl (C=O) groups is 4. The van der Waals surface area contributed by atoms with E-state index in [9.17, 15) is 19.2 Å². The number of rotatable bonds is 6. The molecule has 0 unspecified atom stereocenters. The molecule has 2 N–H and O–H groups in total. The van der Waals surface area contributed by atoms with Gasteiger partial charge in [0.1, 0.15) is 11.3 Å². The van der Waals surface area contributed by atoms with E-state index in [1.807, 2.05) is 0 Å². The zero-order chi connectivity index (χ0) is 27.6. The number of nitrogens with zero attached hydrogens (tertiary/aromatic N) is 1. The fraction of sp³-hybridized carbons (Fsp3) is 0.0769. The summed E-state index contributed by atoms with van der Waals surface area (Å²) in [6, 6.07) is 13.7. The molecule has 1 aliphatic heterocycles. The van der Waals surface area contributed by atoms with E-state index in [1.54, 1.807) is 61.5 Å². The van der Waals surface area contributed by atoms with Crippen LogP contribution in [0, 0.1) is 6.92 Å². The number of halogens is 4. The second kappa shape index (κ2) is 11.7. The second-order valence-electron chi connectivity index (χ2n) is 7.99. The first-order valence-electron chi connectivity index (χ1n) is 10.9. The van der Waals surface area contributed by atoms with Crippen LogP contribution < -0.4 is 20.3 Å². The highest BCUT2D eigenvalue weighted by molar-refractivity contribution is 9.11. The van der Waals surface area contributed by atoms with Crippen LogP contribution in [-0.4, -0.2) is 30.4 Å². The van der Waals surface area contributed by atoms with Crippen LogP contribution >= 0.6 is 55.1 Å². The van der Waals surface area contributed by atoms with Crippen LogP contribution in [0.15, 0.2) is 69.1 Å². The van der Waals surface area contributed by atoms with Crippen LogP contribution in [0.25, 0.3) is 6.08 Å². The van der Waals surface area contributed by atoms with Crippen molar-refractivity contribution in [1.82, 2.24) is 5.32 Å². The molecule has 0 bridgehead atoms. The molecule has 1 heterocycles. The predicted octanol–water partition coefficient (Wildman–Crippen LogP) is 6.51. The minimum Gasteiger partial charge on any atom is -0.482 e. The molecule has 5 amide bonds. The van der Waals surface area contributed by atoms with Crippen molar-refractivity contribution in [2.45, 2.75) is 6.92 Å². The molecule has 3 aromatic rings. The third-order valence-electron chi connectivity index (χ3n) is 5.39. The molecule has 1 fully saturated rings. The third kappa shape index (κ3) is 6.10. The number of imide groups is 2. The first kappa shape index (κ1) is 27.8. The van der Waals surface area contributed by atoms with E-state index in [0.717, 1.165) is 4.90 Å². The zero-order valence-electron chi connectivity index (χ0n) is 19.5. The Morgan fingerprint density at radius 2 is 1.79 bits per heavy atom. The quantitative estimate of drug-likeness (QED) is 0.228. The van der Waals surface area contributed by atoms with Crippen molar-refractivity contribution in [3.8, 4) is 5.75 Å². The minimum absolute atomic E-state index is 0.204. The van der Waals surface area contributed by atoms with Gasteiger partial charge in [-0.3, -0.25) is 19.7 Å². The molecule has 1 aliphatic rings. The molecule has 4 rings (SSSR count). The standard InChI is InChI=1S/C26H17Br2Cl2N3O5/c1-13-20(30)3-2-4-21(13)33-25(36)18(24(35)32-26(33)37)10-14-9-15(27)11-19(28)23(14)38-12-22(34)31-17-7-5-16(29)6-8-17/h2-11H,12H2,1H3,(H,31,34)(H,32,35,37)/b18-10-. The fourth-order valence-electron chi connectivity index (χ4n) is 3.58. The SMILES string of the molecule is Cc1c(Cl)cccc1N1C(=O)NC(=O)/C(=C/c2cc(Br)cc(Br)c2OCC(=O)Nc2ccc(Cl)cc2)C1=O. The van der Waals surface area contributed by atoms with Gasteiger partial charge >= 0.3 is 6.03 Å². The number of carbonyl (C=O) groups excluding carboxylic acids is 4. The van der Waals surface area contributed by atoms with Crippen LogP contribution in [0.3, 0.4) is 0 Å². The Balaban J connectivity index is 1.64. The number of hydrogen-bond acceptors (Lipinski definition) is 5. The summed E-state index contributed by atoms with van der Waals surface area (Å²) in [7, 11) is 0. The molecular formula is C26H17Br2Cl2N3O5. The molecule has 8 nitrogen and oxygen atoms in total. The third-order valence-corrected chi connectivity index (χ3v) is 7.10. The topological polar surface area (TPSA) is 105 Å². The van der Waals surface area contributed by atoms with Gasteiger partial charge in [-0.1, -0.05) is 45.2 Å². The molecule has 0 atom stereocenters. The summed E-state index contributed by atoms with van der Waals surface area (Å²) in [6.45, 7) is 1.29. The van der Waals surface area contributed by atoms with Gasteiger partial charge in [0.2, 0.25) is 0 Å². The smallest absolute Gasteiger partial charge is 0.335 e. The molecule has 194 valence electrons. The summed E-state index contributed by atoms with van der Waals surface area (Å²) in [4.78, 5) is 52.0. The highest BCUT2D eigenvalue weighted by Gasteiger charge is 2.38. The second-order valence-corrected chi connectivity index (χ2v) is 10.6. The molecule has 0 saturated carbocycles. The van der Waals surface area contributed by atoms with Crippen molar-refractivity contribution < 1.29 is 23.9 Å². The lowest BCUT2D eigenvalue weighted by molar-refractivity contribution is -0.122. The zero-order valence-corrected chi connectivity index (χ0v) is 24.2. The van der Waals surface area contributed by atoms with Crippen molar-refractivity contribution in [3.05, 3.63) is 90.3 Å². The first-order valence-corrected chi connectivity index (χ1v) is 13.2. The van der Waals surface area contributed by atoms with E-state index < -0.39 is 23.8 Å². The average molecular weight is 682 g/mol. The summed E-state index contributed by atoms with van der Waals surface area (Å²) >= 11 is 18.8. The molecule has 1 saturated heterocycles. The van der Waals surface area contributed by atoms with Gasteiger partial charge in [-0.05, 0) is 83.0 Å². The lowest BCUT2D eigenvalue weighted by Crippen LogP contribution is -2.54. The maximum Gasteiger partial charge on any atom is 0.335 e. The Kier molecular flexibility index (Phi) is 8.57. The summed E-state index contributed by atoms with van der Waals surface area (Å²) in [6.07, 6.45) is 1.29. The monoisotopic (exact) mass is 679 g/mol. The van der Waals surface area contributed by atoms with Gasteiger partial charge in [-0.15, -0.1) is 0 Å². The maximum atomic E-state index is 13.4. The van der Waals surface area contributed by atoms with E-state index in [1.165, 1.54) is 6.08 Å². The minimum atomic E-state index is -0.895. The Morgan fingerprint density at radius 3 is 2.50 bits per heavy atom. The number of amides is 5. The molecule has 12 heteroatoms. The van der Waals surface area contributed by atoms with Crippen molar-refractivity contribution in [2.24, 2.45) is 0 Å². The highest BCUT2D eigenvalue weighted by Crippen LogP contribution is 2.36.